The summed E-state index contributed by atoms with van der Waals surface area (Å²) in [7, 11) is 0. The molecule has 0 heterocycles. The molecule has 3 nitrogen and oxygen atoms in total. The standard InChI is InChI=1S/C13H18N2O/c1-9-5-6-10(8-14)7-12(9)15-13(16)11-3-2-4-11/h5-7,11H,2-4,8,14H2,1H3,(H,15,16). The van der Waals surface area contributed by atoms with Crippen molar-refractivity contribution in [3.63, 3.8) is 0 Å². The maximum Gasteiger partial charge on any atom is 0.227 e. The molecule has 0 aromatic heterocycles. The number of carbonyl (C=O) groups excluding carboxylic acids is 1. The number of aryl methyl sites for hydroxylation is 1. The zero-order chi connectivity index (χ0) is 11.5. The summed E-state index contributed by atoms with van der Waals surface area (Å²) in [5.41, 5.74) is 8.62. The molecular formula is C13H18N2O. The molecule has 0 aliphatic heterocycles. The van der Waals surface area contributed by atoms with Gasteiger partial charge in [0.2, 0.25) is 5.91 Å². The molecular weight excluding hydrogens is 200 g/mol. The molecule has 1 saturated carbocycles. The highest BCUT2D eigenvalue weighted by molar-refractivity contribution is 5.93. The topological polar surface area (TPSA) is 55.1 Å². The summed E-state index contributed by atoms with van der Waals surface area (Å²) in [6.07, 6.45) is 3.24. The number of hydrogen-bond donors (Lipinski definition) is 2. The third-order valence-electron chi connectivity index (χ3n) is 3.27. The van der Waals surface area contributed by atoms with Crippen molar-refractivity contribution >= 4 is 11.6 Å². The molecule has 3 heteroatoms. The van der Waals surface area contributed by atoms with E-state index in [1.165, 1.54) is 6.42 Å². The third kappa shape index (κ3) is 2.25. The van der Waals surface area contributed by atoms with Gasteiger partial charge in [0.25, 0.3) is 0 Å². The Morgan fingerprint density at radius 2 is 2.25 bits per heavy atom. The number of hydrogen-bond acceptors (Lipinski definition) is 2. The van der Waals surface area contributed by atoms with E-state index in [2.05, 4.69) is 5.32 Å². The summed E-state index contributed by atoms with van der Waals surface area (Å²) in [4.78, 5) is 11.8. The van der Waals surface area contributed by atoms with Crippen molar-refractivity contribution in [2.75, 3.05) is 5.32 Å². The molecule has 0 spiro atoms. The summed E-state index contributed by atoms with van der Waals surface area (Å²) in [6, 6.07) is 5.96. The largest absolute Gasteiger partial charge is 0.326 e. The molecule has 1 aromatic carbocycles. The minimum atomic E-state index is 0.156. The van der Waals surface area contributed by atoms with Crippen LogP contribution in [0.3, 0.4) is 0 Å². The van der Waals surface area contributed by atoms with Crippen LogP contribution in [0.5, 0.6) is 0 Å². The van der Waals surface area contributed by atoms with Crippen LogP contribution in [0, 0.1) is 12.8 Å². The number of rotatable bonds is 3. The normalized spacial score (nSPS) is 15.6. The minimum Gasteiger partial charge on any atom is -0.326 e. The number of anilines is 1. The van der Waals surface area contributed by atoms with Crippen molar-refractivity contribution < 1.29 is 4.79 Å². The minimum absolute atomic E-state index is 0.156. The fourth-order valence-electron chi connectivity index (χ4n) is 1.84. The van der Waals surface area contributed by atoms with E-state index in [-0.39, 0.29) is 11.8 Å². The number of benzene rings is 1. The Balaban J connectivity index is 2.09. The highest BCUT2D eigenvalue weighted by atomic mass is 16.1. The van der Waals surface area contributed by atoms with E-state index >= 15 is 0 Å². The second-order valence-corrected chi connectivity index (χ2v) is 4.47. The first-order valence-electron chi connectivity index (χ1n) is 5.81. The van der Waals surface area contributed by atoms with Crippen LogP contribution >= 0.6 is 0 Å². The Morgan fingerprint density at radius 3 is 2.81 bits per heavy atom. The maximum absolute atomic E-state index is 11.8. The highest BCUT2D eigenvalue weighted by Crippen LogP contribution is 2.28. The summed E-state index contributed by atoms with van der Waals surface area (Å²) >= 11 is 0. The van der Waals surface area contributed by atoms with Crippen LogP contribution in [0.1, 0.15) is 30.4 Å². The van der Waals surface area contributed by atoms with Crippen LogP contribution in [-0.2, 0) is 11.3 Å². The average Bonchev–Trinajstić information content (AvgIpc) is 2.18. The van der Waals surface area contributed by atoms with Crippen molar-refractivity contribution in [2.45, 2.75) is 32.7 Å². The van der Waals surface area contributed by atoms with Gasteiger partial charge in [-0.2, -0.15) is 0 Å². The third-order valence-corrected chi connectivity index (χ3v) is 3.27. The first-order valence-corrected chi connectivity index (χ1v) is 5.81. The van der Waals surface area contributed by atoms with E-state index < -0.39 is 0 Å². The predicted octanol–water partition coefficient (Wildman–Crippen LogP) is 2.19. The van der Waals surface area contributed by atoms with E-state index in [4.69, 9.17) is 5.73 Å². The van der Waals surface area contributed by atoms with Gasteiger partial charge in [-0.1, -0.05) is 18.6 Å². The molecule has 0 bridgehead atoms. The second kappa shape index (κ2) is 4.66. The molecule has 1 aromatic rings. The molecule has 0 saturated heterocycles. The number of amides is 1. The van der Waals surface area contributed by atoms with E-state index in [0.717, 1.165) is 29.7 Å². The van der Waals surface area contributed by atoms with Gasteiger partial charge in [0.05, 0.1) is 0 Å². The van der Waals surface area contributed by atoms with Crippen molar-refractivity contribution in [1.29, 1.82) is 0 Å². The van der Waals surface area contributed by atoms with Crippen molar-refractivity contribution in [3.8, 4) is 0 Å². The van der Waals surface area contributed by atoms with Gasteiger partial charge in [0.15, 0.2) is 0 Å². The van der Waals surface area contributed by atoms with E-state index in [1.807, 2.05) is 25.1 Å². The molecule has 1 amide bonds. The van der Waals surface area contributed by atoms with Gasteiger partial charge < -0.3 is 11.1 Å². The van der Waals surface area contributed by atoms with Crippen LogP contribution in [-0.4, -0.2) is 5.91 Å². The SMILES string of the molecule is Cc1ccc(CN)cc1NC(=O)C1CCC1. The van der Waals surface area contributed by atoms with E-state index in [9.17, 15) is 4.79 Å². The molecule has 0 radical (unpaired) electrons. The van der Waals surface area contributed by atoms with E-state index in [1.54, 1.807) is 0 Å². The van der Waals surface area contributed by atoms with Crippen LogP contribution in [0.15, 0.2) is 18.2 Å². The molecule has 1 aliphatic rings. The molecule has 16 heavy (non-hydrogen) atoms. The smallest absolute Gasteiger partial charge is 0.227 e. The van der Waals surface area contributed by atoms with Crippen molar-refractivity contribution in [2.24, 2.45) is 11.7 Å². The molecule has 0 atom stereocenters. The molecule has 0 unspecified atom stereocenters. The monoisotopic (exact) mass is 218 g/mol. The lowest BCUT2D eigenvalue weighted by Crippen LogP contribution is -2.28. The van der Waals surface area contributed by atoms with Crippen LogP contribution in [0.4, 0.5) is 5.69 Å². The fourth-order valence-corrected chi connectivity index (χ4v) is 1.84. The lowest BCUT2D eigenvalue weighted by atomic mass is 9.85. The molecule has 2 rings (SSSR count). The van der Waals surface area contributed by atoms with Crippen molar-refractivity contribution in [1.82, 2.24) is 0 Å². The molecule has 1 fully saturated rings. The van der Waals surface area contributed by atoms with Gasteiger partial charge in [-0.3, -0.25) is 4.79 Å². The van der Waals surface area contributed by atoms with Crippen LogP contribution in [0.2, 0.25) is 0 Å². The Kier molecular flexibility index (Phi) is 3.25. The van der Waals surface area contributed by atoms with Crippen LogP contribution < -0.4 is 11.1 Å². The quantitative estimate of drug-likeness (QED) is 0.817. The van der Waals surface area contributed by atoms with E-state index in [0.29, 0.717) is 6.54 Å². The Morgan fingerprint density at radius 1 is 1.50 bits per heavy atom. The van der Waals surface area contributed by atoms with Gasteiger partial charge >= 0.3 is 0 Å². The zero-order valence-corrected chi connectivity index (χ0v) is 9.62. The number of carbonyl (C=O) groups is 1. The van der Waals surface area contributed by atoms with Crippen molar-refractivity contribution in [3.05, 3.63) is 29.3 Å². The lowest BCUT2D eigenvalue weighted by Gasteiger charge is -2.24. The fraction of sp³-hybridized carbons (Fsp3) is 0.462. The van der Waals surface area contributed by atoms with Gasteiger partial charge in [0, 0.05) is 18.2 Å². The second-order valence-electron chi connectivity index (χ2n) is 4.47. The zero-order valence-electron chi connectivity index (χ0n) is 9.62. The van der Waals surface area contributed by atoms with Gasteiger partial charge in [-0.05, 0) is 37.0 Å². The lowest BCUT2D eigenvalue weighted by molar-refractivity contribution is -0.122. The summed E-state index contributed by atoms with van der Waals surface area (Å²) in [5.74, 6) is 0.379. The Hall–Kier alpha value is -1.35. The Labute approximate surface area is 96.0 Å². The van der Waals surface area contributed by atoms with Gasteiger partial charge in [-0.25, -0.2) is 0 Å². The number of nitrogens with one attached hydrogen (secondary N) is 1. The summed E-state index contributed by atoms with van der Waals surface area (Å²) < 4.78 is 0. The average molecular weight is 218 g/mol. The summed E-state index contributed by atoms with van der Waals surface area (Å²) in [5, 5.41) is 2.99. The Bertz CT molecular complexity index is 397. The predicted molar refractivity (Wildman–Crippen MR) is 65.0 cm³/mol. The molecule has 1 aliphatic carbocycles. The highest BCUT2D eigenvalue weighted by Gasteiger charge is 2.25. The van der Waals surface area contributed by atoms with Gasteiger partial charge in [-0.15, -0.1) is 0 Å². The maximum atomic E-state index is 11.8. The summed E-state index contributed by atoms with van der Waals surface area (Å²) in [6.45, 7) is 2.50. The van der Waals surface area contributed by atoms with Gasteiger partial charge in [0.1, 0.15) is 0 Å². The first-order chi connectivity index (χ1) is 7.70. The number of nitrogens with two attached hydrogens (primary N) is 1. The first kappa shape index (κ1) is 11.1. The molecule has 3 N–H and O–H groups in total. The molecule has 86 valence electrons. The van der Waals surface area contributed by atoms with Crippen LogP contribution in [0.25, 0.3) is 0 Å².